The standard InChI is InChI=1S/C14H19NO/c1-4-11-8-10(3)9-12(5-2)13(11)6-7-14(15)16/h6-9H,4-5H2,1-3H3,(H2,15,16). The summed E-state index contributed by atoms with van der Waals surface area (Å²) in [5.74, 6) is -0.398. The average molecular weight is 217 g/mol. The van der Waals surface area contributed by atoms with Gasteiger partial charge in [-0.1, -0.05) is 31.5 Å². The van der Waals surface area contributed by atoms with E-state index in [1.807, 2.05) is 6.08 Å². The Morgan fingerprint density at radius 3 is 2.12 bits per heavy atom. The SMILES string of the molecule is CCc1cc(C)cc(CC)c1C=CC(N)=O. The minimum Gasteiger partial charge on any atom is -0.366 e. The molecule has 0 saturated carbocycles. The first-order chi connectivity index (χ1) is 7.58. The highest BCUT2D eigenvalue weighted by molar-refractivity contribution is 5.90. The van der Waals surface area contributed by atoms with E-state index in [4.69, 9.17) is 5.73 Å². The third kappa shape index (κ3) is 2.96. The van der Waals surface area contributed by atoms with E-state index in [1.165, 1.54) is 22.8 Å². The first-order valence-electron chi connectivity index (χ1n) is 5.68. The second-order valence-electron chi connectivity index (χ2n) is 3.94. The van der Waals surface area contributed by atoms with Crippen LogP contribution in [0.25, 0.3) is 6.08 Å². The molecule has 0 radical (unpaired) electrons. The van der Waals surface area contributed by atoms with Crippen molar-refractivity contribution in [1.29, 1.82) is 0 Å². The van der Waals surface area contributed by atoms with Gasteiger partial charge < -0.3 is 5.73 Å². The fraction of sp³-hybridized carbons (Fsp3) is 0.357. The first kappa shape index (κ1) is 12.5. The van der Waals surface area contributed by atoms with Gasteiger partial charge in [0.1, 0.15) is 0 Å². The maximum absolute atomic E-state index is 10.8. The molecule has 86 valence electrons. The second kappa shape index (κ2) is 5.50. The van der Waals surface area contributed by atoms with Gasteiger partial charge >= 0.3 is 0 Å². The van der Waals surface area contributed by atoms with Crippen LogP contribution in [-0.2, 0) is 17.6 Å². The predicted molar refractivity (Wildman–Crippen MR) is 68.2 cm³/mol. The Kier molecular flexibility index (Phi) is 4.29. The lowest BCUT2D eigenvalue weighted by atomic mass is 9.94. The molecule has 0 fully saturated rings. The lowest BCUT2D eigenvalue weighted by Crippen LogP contribution is -2.05. The molecule has 0 spiro atoms. The van der Waals surface area contributed by atoms with Crippen molar-refractivity contribution in [1.82, 2.24) is 0 Å². The molecule has 0 atom stereocenters. The second-order valence-corrected chi connectivity index (χ2v) is 3.94. The molecule has 1 rings (SSSR count). The van der Waals surface area contributed by atoms with Gasteiger partial charge in [0.05, 0.1) is 0 Å². The third-order valence-electron chi connectivity index (χ3n) is 2.67. The van der Waals surface area contributed by atoms with E-state index >= 15 is 0 Å². The fourth-order valence-electron chi connectivity index (χ4n) is 1.92. The van der Waals surface area contributed by atoms with Gasteiger partial charge in [-0.05, 0) is 42.5 Å². The Hall–Kier alpha value is -1.57. The molecule has 2 N–H and O–H groups in total. The lowest BCUT2D eigenvalue weighted by Gasteiger charge is -2.11. The molecule has 2 heteroatoms. The average Bonchev–Trinajstić information content (AvgIpc) is 2.25. The number of benzene rings is 1. The van der Waals surface area contributed by atoms with Crippen LogP contribution in [0.5, 0.6) is 0 Å². The molecule has 0 aromatic heterocycles. The van der Waals surface area contributed by atoms with Gasteiger partial charge in [0.25, 0.3) is 0 Å². The molecule has 1 amide bonds. The van der Waals surface area contributed by atoms with Crippen LogP contribution >= 0.6 is 0 Å². The molecule has 2 nitrogen and oxygen atoms in total. The number of carbonyl (C=O) groups excluding carboxylic acids is 1. The van der Waals surface area contributed by atoms with Crippen LogP contribution in [0.1, 0.15) is 36.1 Å². The van der Waals surface area contributed by atoms with Gasteiger partial charge in [0, 0.05) is 6.08 Å². The monoisotopic (exact) mass is 217 g/mol. The number of nitrogens with two attached hydrogens (primary N) is 1. The van der Waals surface area contributed by atoms with Gasteiger partial charge in [-0.3, -0.25) is 4.79 Å². The van der Waals surface area contributed by atoms with Gasteiger partial charge in [-0.2, -0.15) is 0 Å². The van der Waals surface area contributed by atoms with Crippen molar-refractivity contribution in [3.63, 3.8) is 0 Å². The van der Waals surface area contributed by atoms with Gasteiger partial charge in [-0.15, -0.1) is 0 Å². The van der Waals surface area contributed by atoms with E-state index < -0.39 is 5.91 Å². The quantitative estimate of drug-likeness (QED) is 0.774. The Morgan fingerprint density at radius 2 is 1.75 bits per heavy atom. The molecular weight excluding hydrogens is 198 g/mol. The van der Waals surface area contributed by atoms with Crippen molar-refractivity contribution in [2.24, 2.45) is 5.73 Å². The summed E-state index contributed by atoms with van der Waals surface area (Å²) in [7, 11) is 0. The van der Waals surface area contributed by atoms with Crippen molar-refractivity contribution in [2.45, 2.75) is 33.6 Å². The smallest absolute Gasteiger partial charge is 0.241 e. The van der Waals surface area contributed by atoms with E-state index in [0.29, 0.717) is 0 Å². The summed E-state index contributed by atoms with van der Waals surface area (Å²) in [6.07, 6.45) is 5.20. The highest BCUT2D eigenvalue weighted by Gasteiger charge is 2.05. The van der Waals surface area contributed by atoms with Crippen molar-refractivity contribution < 1.29 is 4.79 Å². The largest absolute Gasteiger partial charge is 0.366 e. The summed E-state index contributed by atoms with van der Waals surface area (Å²) in [5, 5.41) is 0. The van der Waals surface area contributed by atoms with Gasteiger partial charge in [0.2, 0.25) is 5.91 Å². The molecule has 0 bridgehead atoms. The van der Waals surface area contributed by atoms with Crippen LogP contribution in [0.2, 0.25) is 0 Å². The third-order valence-corrected chi connectivity index (χ3v) is 2.67. The van der Waals surface area contributed by atoms with E-state index in [0.717, 1.165) is 18.4 Å². The maximum Gasteiger partial charge on any atom is 0.241 e. The number of carbonyl (C=O) groups is 1. The van der Waals surface area contributed by atoms with Crippen molar-refractivity contribution >= 4 is 12.0 Å². The molecule has 0 aliphatic carbocycles. The summed E-state index contributed by atoms with van der Waals surface area (Å²) >= 11 is 0. The summed E-state index contributed by atoms with van der Waals surface area (Å²) in [6, 6.07) is 4.33. The number of primary amides is 1. The van der Waals surface area contributed by atoms with Gasteiger partial charge in [0.15, 0.2) is 0 Å². The van der Waals surface area contributed by atoms with Crippen molar-refractivity contribution in [2.75, 3.05) is 0 Å². The molecule has 0 heterocycles. The highest BCUT2D eigenvalue weighted by atomic mass is 16.1. The van der Waals surface area contributed by atoms with E-state index in [1.54, 1.807) is 0 Å². The number of hydrogen-bond acceptors (Lipinski definition) is 1. The zero-order valence-corrected chi connectivity index (χ0v) is 10.2. The Labute approximate surface area is 97.2 Å². The molecule has 1 aromatic rings. The van der Waals surface area contributed by atoms with Crippen LogP contribution in [0, 0.1) is 6.92 Å². The van der Waals surface area contributed by atoms with E-state index in [-0.39, 0.29) is 0 Å². The normalized spacial score (nSPS) is 10.9. The molecule has 0 saturated heterocycles. The van der Waals surface area contributed by atoms with Crippen LogP contribution in [0.15, 0.2) is 18.2 Å². The number of aryl methyl sites for hydroxylation is 3. The first-order valence-corrected chi connectivity index (χ1v) is 5.68. The highest BCUT2D eigenvalue weighted by Crippen LogP contribution is 2.20. The Bertz CT molecular complexity index is 394. The zero-order valence-electron chi connectivity index (χ0n) is 10.2. The molecule has 0 aliphatic rings. The topological polar surface area (TPSA) is 43.1 Å². The van der Waals surface area contributed by atoms with Crippen LogP contribution in [-0.4, -0.2) is 5.91 Å². The van der Waals surface area contributed by atoms with Crippen LogP contribution in [0.3, 0.4) is 0 Å². The Balaban J connectivity index is 3.27. The Morgan fingerprint density at radius 1 is 1.25 bits per heavy atom. The van der Waals surface area contributed by atoms with Crippen LogP contribution in [0.4, 0.5) is 0 Å². The minimum atomic E-state index is -0.398. The summed E-state index contributed by atoms with van der Waals surface area (Å²) < 4.78 is 0. The van der Waals surface area contributed by atoms with Gasteiger partial charge in [-0.25, -0.2) is 0 Å². The summed E-state index contributed by atoms with van der Waals surface area (Å²) in [5.41, 5.74) is 10.1. The molecule has 1 aromatic carbocycles. The van der Waals surface area contributed by atoms with Crippen molar-refractivity contribution in [3.05, 3.63) is 40.5 Å². The maximum atomic E-state index is 10.8. The van der Waals surface area contributed by atoms with E-state index in [9.17, 15) is 4.79 Å². The minimum absolute atomic E-state index is 0.398. The summed E-state index contributed by atoms with van der Waals surface area (Å²) in [4.78, 5) is 10.8. The molecule has 0 aliphatic heterocycles. The molecule has 0 unspecified atom stereocenters. The molecular formula is C14H19NO. The zero-order chi connectivity index (χ0) is 12.1. The number of hydrogen-bond donors (Lipinski definition) is 1. The van der Waals surface area contributed by atoms with Crippen molar-refractivity contribution in [3.8, 4) is 0 Å². The predicted octanol–water partition coefficient (Wildman–Crippen LogP) is 2.62. The number of rotatable bonds is 4. The fourth-order valence-corrected chi connectivity index (χ4v) is 1.92. The lowest BCUT2D eigenvalue weighted by molar-refractivity contribution is -0.113. The van der Waals surface area contributed by atoms with E-state index in [2.05, 4.69) is 32.9 Å². The van der Waals surface area contributed by atoms with Crippen LogP contribution < -0.4 is 5.73 Å². The summed E-state index contributed by atoms with van der Waals surface area (Å²) in [6.45, 7) is 6.34. The number of amides is 1. The molecule has 16 heavy (non-hydrogen) atoms.